The van der Waals surface area contributed by atoms with Gasteiger partial charge in [-0.1, -0.05) is 54.6 Å². The van der Waals surface area contributed by atoms with Gasteiger partial charge in [-0.15, -0.1) is 0 Å². The molecule has 9 rings (SSSR count). The number of hydrogen-bond acceptors (Lipinski definition) is 27. The molecular formula is C81H76N2O29. The molecule has 112 heavy (non-hydrogen) atoms. The number of benzene rings is 9. The van der Waals surface area contributed by atoms with E-state index in [9.17, 15) is 77.3 Å². The van der Waals surface area contributed by atoms with Gasteiger partial charge in [0.25, 0.3) is 11.8 Å². The zero-order valence-electron chi connectivity index (χ0n) is 61.8. The number of rotatable bonds is 19. The van der Waals surface area contributed by atoms with E-state index in [0.29, 0.717) is 29.3 Å². The molecule has 7 N–H and O–H groups in total. The van der Waals surface area contributed by atoms with Gasteiger partial charge in [0.15, 0.2) is 12.6 Å². The summed E-state index contributed by atoms with van der Waals surface area (Å²) in [5.41, 5.74) is 4.88. The highest BCUT2D eigenvalue weighted by Gasteiger charge is 2.24. The Labute approximate surface area is 639 Å². The standard InChI is InChI=1S/C20H21NO6.C16H12O6.C16H12O5.C12H15NO5.C9H8O4.C8H8O3/c1-20(2,3)27-21-17(22)15-12-14(18(23)25-4)10-11-16(15)26-19(24)13-8-6-5-7-9-13;1-21-15(19)11-7-8-13(12(9-11)14(17)18)22-16(20)10-5-3-2-4-6-10;1-20-15(18)12-7-8-14(13(9-12)10-17)21-16(19)11-5-3-2-4-6-11;1-12(2,3)18-13-10(15)8-6-7(11(16)17)4-5-9(8)14;1-13-9(12)6-2-3-8(11)7(4-6)5-10;1-11-8(10)6-2-4-7(9)5-3-6/h5-12H,1-4H3,(H,21,22);2-9H,1H3,(H,17,18);2-10H,1H3;4-6,14H,1-3H3,(H,13,15)(H,16,17);2-5,11H,1H3;2-5,9H,1H3. The van der Waals surface area contributed by atoms with Gasteiger partial charge < -0.3 is 63.4 Å². The number of aromatic hydroxyl groups is 3. The maximum absolute atomic E-state index is 12.5. The molecule has 0 aliphatic rings. The number of aromatic carboxylic acids is 2. The third-order valence-electron chi connectivity index (χ3n) is 13.7. The summed E-state index contributed by atoms with van der Waals surface area (Å²) >= 11 is 0. The Hall–Kier alpha value is -14.7. The van der Waals surface area contributed by atoms with Crippen LogP contribution in [0.4, 0.5) is 0 Å². The lowest BCUT2D eigenvalue weighted by Gasteiger charge is -2.19. The van der Waals surface area contributed by atoms with Crippen LogP contribution in [0.15, 0.2) is 206 Å². The number of esters is 8. The zero-order chi connectivity index (χ0) is 83.4. The molecule has 9 aromatic carbocycles. The van der Waals surface area contributed by atoms with Gasteiger partial charge in [0.05, 0.1) is 119 Å². The molecule has 0 saturated carbocycles. The molecule has 0 fully saturated rings. The van der Waals surface area contributed by atoms with E-state index in [4.69, 9.17) is 39.2 Å². The quantitative estimate of drug-likeness (QED) is 0.0130. The van der Waals surface area contributed by atoms with Crippen molar-refractivity contribution < 1.29 is 140 Å². The Kier molecular flexibility index (Phi) is 35.1. The number of ether oxygens (including phenoxy) is 8. The van der Waals surface area contributed by atoms with Gasteiger partial charge in [-0.3, -0.25) is 28.9 Å². The van der Waals surface area contributed by atoms with Gasteiger partial charge in [0.1, 0.15) is 40.1 Å². The number of carboxylic acid groups (broad SMARTS) is 2. The van der Waals surface area contributed by atoms with Gasteiger partial charge >= 0.3 is 59.7 Å². The molecule has 0 bridgehead atoms. The van der Waals surface area contributed by atoms with Crippen molar-refractivity contribution in [2.24, 2.45) is 0 Å². The first-order chi connectivity index (χ1) is 53.0. The van der Waals surface area contributed by atoms with Crippen molar-refractivity contribution in [2.75, 3.05) is 35.5 Å². The van der Waals surface area contributed by atoms with Crippen LogP contribution in [0, 0.1) is 0 Å². The molecule has 0 spiro atoms. The predicted octanol–water partition coefficient (Wildman–Crippen LogP) is 11.8. The number of phenols is 3. The summed E-state index contributed by atoms with van der Waals surface area (Å²) in [5.74, 6) is -8.95. The predicted molar refractivity (Wildman–Crippen MR) is 396 cm³/mol. The van der Waals surface area contributed by atoms with Crippen molar-refractivity contribution in [3.63, 3.8) is 0 Å². The molecular weight excluding hydrogens is 1460 g/mol. The van der Waals surface area contributed by atoms with Crippen LogP contribution in [0.25, 0.3) is 0 Å². The second-order valence-electron chi connectivity index (χ2n) is 24.1. The number of carboxylic acids is 2. The highest BCUT2D eigenvalue weighted by Crippen LogP contribution is 2.27. The van der Waals surface area contributed by atoms with E-state index in [0.717, 1.165) is 18.2 Å². The number of carbonyl (C=O) groups excluding carboxylic acids is 12. The van der Waals surface area contributed by atoms with Crippen molar-refractivity contribution in [1.82, 2.24) is 11.0 Å². The van der Waals surface area contributed by atoms with E-state index in [1.54, 1.807) is 133 Å². The van der Waals surface area contributed by atoms with E-state index >= 15 is 0 Å². The second-order valence-corrected chi connectivity index (χ2v) is 24.1. The molecule has 584 valence electrons. The Morgan fingerprint density at radius 3 is 0.973 bits per heavy atom. The lowest BCUT2D eigenvalue weighted by Crippen LogP contribution is -2.34. The number of hydrogen-bond donors (Lipinski definition) is 7. The maximum atomic E-state index is 12.5. The summed E-state index contributed by atoms with van der Waals surface area (Å²) in [5, 5.41) is 45.5. The van der Waals surface area contributed by atoms with Gasteiger partial charge in [-0.25, -0.2) is 58.9 Å². The number of hydroxylamine groups is 2. The van der Waals surface area contributed by atoms with Crippen LogP contribution in [0.5, 0.6) is 34.5 Å². The SMILES string of the molecule is CC(C)(C)ONC(=O)c1cc(C(=O)O)ccc1O.COC(=O)c1ccc(O)c(C=O)c1.COC(=O)c1ccc(O)cc1.COC(=O)c1ccc(OC(=O)c2ccccc2)c(C(=O)NOC(C)(C)C)c1.COC(=O)c1ccc(OC(=O)c2ccccc2)c(C(=O)O)c1.COC(=O)c1ccc(OC(=O)c2ccccc2)c(C=O)c1. The smallest absolute Gasteiger partial charge is 0.343 e. The Bertz CT molecular complexity index is 4840. The molecule has 0 atom stereocenters. The first kappa shape index (κ1) is 89.7. The third kappa shape index (κ3) is 29.2. The fourth-order valence-corrected chi connectivity index (χ4v) is 8.22. The molecule has 0 heterocycles. The Balaban J connectivity index is 0.000000289. The van der Waals surface area contributed by atoms with Crippen LogP contribution in [0.2, 0.25) is 0 Å². The fraction of sp³-hybridized carbons (Fsp3) is 0.160. The average molecular weight is 1540 g/mol. The topological polar surface area (TPSA) is 456 Å². The fourth-order valence-electron chi connectivity index (χ4n) is 8.22. The molecule has 31 nitrogen and oxygen atoms in total. The number of amides is 2. The largest absolute Gasteiger partial charge is 0.508 e. The van der Waals surface area contributed by atoms with Crippen molar-refractivity contribution in [1.29, 1.82) is 0 Å². The maximum Gasteiger partial charge on any atom is 0.343 e. The highest BCUT2D eigenvalue weighted by atomic mass is 16.7. The number of methoxy groups -OCH3 is 5. The Morgan fingerprint density at radius 1 is 0.304 bits per heavy atom. The van der Waals surface area contributed by atoms with Crippen LogP contribution < -0.4 is 25.2 Å². The van der Waals surface area contributed by atoms with Crippen molar-refractivity contribution in [3.05, 3.63) is 284 Å². The Morgan fingerprint density at radius 2 is 0.598 bits per heavy atom. The molecule has 0 radical (unpaired) electrons. The summed E-state index contributed by atoms with van der Waals surface area (Å²) in [6, 6.07) is 50.0. The van der Waals surface area contributed by atoms with Crippen LogP contribution in [-0.4, -0.2) is 156 Å². The minimum atomic E-state index is -1.32. The van der Waals surface area contributed by atoms with Crippen molar-refractivity contribution >= 4 is 84.1 Å². The molecule has 0 saturated heterocycles. The zero-order valence-corrected chi connectivity index (χ0v) is 61.8. The van der Waals surface area contributed by atoms with Gasteiger partial charge in [-0.2, -0.15) is 0 Å². The summed E-state index contributed by atoms with van der Waals surface area (Å²) in [6.07, 6.45) is 0.988. The van der Waals surface area contributed by atoms with E-state index in [2.05, 4.69) is 34.6 Å². The number of carbonyl (C=O) groups is 14. The van der Waals surface area contributed by atoms with Crippen molar-refractivity contribution in [3.8, 4) is 34.5 Å². The minimum Gasteiger partial charge on any atom is -0.508 e. The molecule has 31 heteroatoms. The summed E-state index contributed by atoms with van der Waals surface area (Å²) in [4.78, 5) is 171. The molecule has 0 aliphatic carbocycles. The average Bonchev–Trinajstić information content (AvgIpc) is 0.725. The summed E-state index contributed by atoms with van der Waals surface area (Å²) < 4.78 is 38.2. The van der Waals surface area contributed by atoms with Crippen molar-refractivity contribution in [2.45, 2.75) is 52.7 Å². The minimum absolute atomic E-state index is 0.00786. The monoisotopic (exact) mass is 1540 g/mol. The van der Waals surface area contributed by atoms with E-state index in [1.807, 2.05) is 0 Å². The number of aldehydes is 2. The summed E-state index contributed by atoms with van der Waals surface area (Å²) in [7, 11) is 6.22. The van der Waals surface area contributed by atoms with Crippen LogP contribution >= 0.6 is 0 Å². The van der Waals surface area contributed by atoms with E-state index < -0.39 is 82.7 Å². The lowest BCUT2D eigenvalue weighted by atomic mass is 10.1. The van der Waals surface area contributed by atoms with Crippen LogP contribution in [-0.2, 0) is 33.4 Å². The molecule has 2 amide bonds. The van der Waals surface area contributed by atoms with Gasteiger partial charge in [0.2, 0.25) is 0 Å². The van der Waals surface area contributed by atoms with Crippen LogP contribution in [0.3, 0.4) is 0 Å². The normalized spacial score (nSPS) is 10.1. The number of nitrogens with one attached hydrogen (secondary N) is 2. The van der Waals surface area contributed by atoms with Gasteiger partial charge in [-0.05, 0) is 193 Å². The highest BCUT2D eigenvalue weighted by molar-refractivity contribution is 6.03. The first-order valence-electron chi connectivity index (χ1n) is 32.5. The third-order valence-corrected chi connectivity index (χ3v) is 13.7. The lowest BCUT2D eigenvalue weighted by molar-refractivity contribution is -0.0590. The van der Waals surface area contributed by atoms with Gasteiger partial charge in [0, 0.05) is 0 Å². The van der Waals surface area contributed by atoms with E-state index in [-0.39, 0.29) is 95.7 Å². The molecule has 0 aromatic heterocycles. The molecule has 9 aromatic rings. The first-order valence-corrected chi connectivity index (χ1v) is 32.5. The van der Waals surface area contributed by atoms with Crippen LogP contribution in [0.1, 0.15) is 187 Å². The molecule has 0 aliphatic heterocycles. The summed E-state index contributed by atoms with van der Waals surface area (Å²) in [6.45, 7) is 10.5. The second kappa shape index (κ2) is 43.8. The number of phenolic OH excluding ortho intramolecular Hbond substituents is 3. The van der Waals surface area contributed by atoms with E-state index in [1.165, 1.54) is 133 Å². The molecule has 0 unspecified atom stereocenters.